The number of rotatable bonds is 5. The number of para-hydroxylation sites is 2. The molecule has 0 aliphatic rings. The SMILES string of the molecule is CCn1c2ccccc2n2c1nn1c(SCC(=O)Nc3ccc(C)cc3)nnc12. The molecule has 0 aliphatic heterocycles. The van der Waals surface area contributed by atoms with Crippen LogP contribution in [0.25, 0.3) is 22.6 Å². The highest BCUT2D eigenvalue weighted by atomic mass is 32.2. The lowest BCUT2D eigenvalue weighted by molar-refractivity contribution is -0.113. The van der Waals surface area contributed by atoms with Gasteiger partial charge in [-0.05, 0) is 38.1 Å². The Hall–Kier alpha value is -3.33. The van der Waals surface area contributed by atoms with E-state index in [0.717, 1.165) is 34.6 Å². The molecule has 0 atom stereocenters. The molecular weight excluding hydrogens is 386 g/mol. The maximum absolute atomic E-state index is 12.3. The van der Waals surface area contributed by atoms with Crippen molar-refractivity contribution in [3.05, 3.63) is 54.1 Å². The van der Waals surface area contributed by atoms with Crippen LogP contribution in [0.4, 0.5) is 5.69 Å². The summed E-state index contributed by atoms with van der Waals surface area (Å²) in [6, 6.07) is 15.9. The second kappa shape index (κ2) is 6.93. The van der Waals surface area contributed by atoms with E-state index in [1.54, 1.807) is 4.52 Å². The number of aromatic nitrogens is 6. The van der Waals surface area contributed by atoms with Gasteiger partial charge in [0.2, 0.25) is 16.8 Å². The molecule has 5 rings (SSSR count). The number of carbonyl (C=O) groups is 1. The number of nitrogens with one attached hydrogen (secondary N) is 1. The lowest BCUT2D eigenvalue weighted by atomic mass is 10.2. The highest BCUT2D eigenvalue weighted by molar-refractivity contribution is 7.99. The van der Waals surface area contributed by atoms with E-state index in [4.69, 9.17) is 5.10 Å². The Kier molecular flexibility index (Phi) is 4.24. The Labute approximate surface area is 170 Å². The average molecular weight is 405 g/mol. The summed E-state index contributed by atoms with van der Waals surface area (Å²) in [5.41, 5.74) is 4.07. The Bertz CT molecular complexity index is 1350. The number of carbonyl (C=O) groups excluding carboxylic acids is 1. The van der Waals surface area contributed by atoms with Crippen molar-refractivity contribution in [2.45, 2.75) is 25.5 Å². The van der Waals surface area contributed by atoms with Gasteiger partial charge in [-0.1, -0.05) is 41.6 Å². The van der Waals surface area contributed by atoms with Crippen LogP contribution in [0.2, 0.25) is 0 Å². The predicted octanol–water partition coefficient (Wildman–Crippen LogP) is 3.39. The van der Waals surface area contributed by atoms with E-state index < -0.39 is 0 Å². The number of imidazole rings is 1. The monoisotopic (exact) mass is 405 g/mol. The minimum atomic E-state index is -0.0946. The Morgan fingerprint density at radius 2 is 1.79 bits per heavy atom. The van der Waals surface area contributed by atoms with E-state index >= 15 is 0 Å². The Morgan fingerprint density at radius 1 is 1.03 bits per heavy atom. The molecule has 1 N–H and O–H groups in total. The van der Waals surface area contributed by atoms with Crippen LogP contribution in [0.5, 0.6) is 0 Å². The molecule has 0 saturated carbocycles. The molecule has 9 heteroatoms. The molecule has 0 spiro atoms. The smallest absolute Gasteiger partial charge is 0.260 e. The summed E-state index contributed by atoms with van der Waals surface area (Å²) in [6.07, 6.45) is 0. The maximum atomic E-state index is 12.3. The number of nitrogens with zero attached hydrogens (tertiary/aromatic N) is 6. The van der Waals surface area contributed by atoms with Crippen molar-refractivity contribution in [3.8, 4) is 0 Å². The van der Waals surface area contributed by atoms with E-state index in [0.29, 0.717) is 10.9 Å². The zero-order valence-corrected chi connectivity index (χ0v) is 16.8. The number of hydrogen-bond acceptors (Lipinski definition) is 5. The molecule has 2 aromatic carbocycles. The third-order valence-corrected chi connectivity index (χ3v) is 5.74. The van der Waals surface area contributed by atoms with Crippen molar-refractivity contribution in [1.82, 2.24) is 28.8 Å². The van der Waals surface area contributed by atoms with Crippen LogP contribution in [0.1, 0.15) is 12.5 Å². The van der Waals surface area contributed by atoms with Crippen LogP contribution < -0.4 is 5.32 Å². The van der Waals surface area contributed by atoms with E-state index in [1.807, 2.05) is 53.8 Å². The fourth-order valence-corrected chi connectivity index (χ4v) is 4.13. The van der Waals surface area contributed by atoms with Crippen LogP contribution in [0.3, 0.4) is 0 Å². The largest absolute Gasteiger partial charge is 0.325 e. The molecule has 5 aromatic rings. The molecule has 0 radical (unpaired) electrons. The number of amides is 1. The van der Waals surface area contributed by atoms with Gasteiger partial charge in [0, 0.05) is 12.2 Å². The lowest BCUT2D eigenvalue weighted by Gasteiger charge is -2.04. The van der Waals surface area contributed by atoms with E-state index in [9.17, 15) is 4.79 Å². The molecule has 3 aromatic heterocycles. The summed E-state index contributed by atoms with van der Waals surface area (Å²) in [7, 11) is 0. The van der Waals surface area contributed by atoms with Gasteiger partial charge in [0.25, 0.3) is 5.78 Å². The van der Waals surface area contributed by atoms with E-state index in [-0.39, 0.29) is 11.7 Å². The maximum Gasteiger partial charge on any atom is 0.260 e. The van der Waals surface area contributed by atoms with Crippen LogP contribution in [-0.4, -0.2) is 40.4 Å². The first-order valence-electron chi connectivity index (χ1n) is 9.36. The summed E-state index contributed by atoms with van der Waals surface area (Å²) in [6.45, 7) is 4.90. The first kappa shape index (κ1) is 17.7. The van der Waals surface area contributed by atoms with Gasteiger partial charge in [-0.15, -0.1) is 15.3 Å². The van der Waals surface area contributed by atoms with Crippen LogP contribution in [0.15, 0.2) is 53.7 Å². The third kappa shape index (κ3) is 2.94. The van der Waals surface area contributed by atoms with Crippen molar-refractivity contribution in [2.24, 2.45) is 0 Å². The van der Waals surface area contributed by atoms with Gasteiger partial charge in [0.15, 0.2) is 0 Å². The highest BCUT2D eigenvalue weighted by Crippen LogP contribution is 2.24. The zero-order chi connectivity index (χ0) is 20.0. The van der Waals surface area contributed by atoms with Crippen LogP contribution in [-0.2, 0) is 11.3 Å². The second-order valence-electron chi connectivity index (χ2n) is 6.77. The summed E-state index contributed by atoms with van der Waals surface area (Å²) in [5.74, 6) is 1.59. The highest BCUT2D eigenvalue weighted by Gasteiger charge is 2.19. The summed E-state index contributed by atoms with van der Waals surface area (Å²) in [5, 5.41) is 16.8. The van der Waals surface area contributed by atoms with Crippen molar-refractivity contribution in [2.75, 3.05) is 11.1 Å². The molecule has 29 heavy (non-hydrogen) atoms. The normalized spacial score (nSPS) is 11.7. The van der Waals surface area contributed by atoms with Crippen molar-refractivity contribution in [3.63, 3.8) is 0 Å². The Morgan fingerprint density at radius 3 is 2.55 bits per heavy atom. The fraction of sp³-hybridized carbons (Fsp3) is 0.200. The number of fused-ring (bicyclic) bond motifs is 5. The molecule has 3 heterocycles. The van der Waals surface area contributed by atoms with Gasteiger partial charge in [0.1, 0.15) is 0 Å². The van der Waals surface area contributed by atoms with E-state index in [2.05, 4.69) is 33.1 Å². The molecule has 0 fully saturated rings. The second-order valence-corrected chi connectivity index (χ2v) is 7.71. The van der Waals surface area contributed by atoms with Crippen molar-refractivity contribution >= 4 is 45.9 Å². The summed E-state index contributed by atoms with van der Waals surface area (Å²) < 4.78 is 5.85. The van der Waals surface area contributed by atoms with Gasteiger partial charge in [-0.25, -0.2) is 4.40 Å². The Balaban J connectivity index is 1.43. The van der Waals surface area contributed by atoms with Crippen LogP contribution >= 0.6 is 11.8 Å². The quantitative estimate of drug-likeness (QED) is 0.453. The molecule has 8 nitrogen and oxygen atoms in total. The zero-order valence-electron chi connectivity index (χ0n) is 16.0. The van der Waals surface area contributed by atoms with Crippen LogP contribution in [0, 0.1) is 6.92 Å². The number of benzene rings is 2. The average Bonchev–Trinajstić information content (AvgIpc) is 3.37. The first-order valence-corrected chi connectivity index (χ1v) is 10.3. The van der Waals surface area contributed by atoms with Gasteiger partial charge in [-0.2, -0.15) is 4.52 Å². The molecule has 146 valence electrons. The third-order valence-electron chi connectivity index (χ3n) is 4.82. The van der Waals surface area contributed by atoms with Crippen molar-refractivity contribution in [1.29, 1.82) is 0 Å². The predicted molar refractivity (Wildman–Crippen MR) is 113 cm³/mol. The fourth-order valence-electron chi connectivity index (χ4n) is 3.45. The molecule has 1 amide bonds. The van der Waals surface area contributed by atoms with Gasteiger partial charge in [0.05, 0.1) is 16.8 Å². The molecular formula is C20H19N7OS. The van der Waals surface area contributed by atoms with Gasteiger partial charge < -0.3 is 9.88 Å². The summed E-state index contributed by atoms with van der Waals surface area (Å²) >= 11 is 1.32. The number of anilines is 1. The van der Waals surface area contributed by atoms with Gasteiger partial charge in [-0.3, -0.25) is 4.79 Å². The number of hydrogen-bond donors (Lipinski definition) is 1. The molecule has 0 unspecified atom stereocenters. The minimum Gasteiger partial charge on any atom is -0.325 e. The lowest BCUT2D eigenvalue weighted by Crippen LogP contribution is -2.14. The van der Waals surface area contributed by atoms with Crippen molar-refractivity contribution < 1.29 is 4.79 Å². The van der Waals surface area contributed by atoms with Gasteiger partial charge >= 0.3 is 0 Å². The molecule has 0 bridgehead atoms. The number of aryl methyl sites for hydroxylation is 2. The first-order chi connectivity index (χ1) is 14.2. The number of thioether (sulfide) groups is 1. The minimum absolute atomic E-state index is 0.0946. The molecule has 0 aliphatic carbocycles. The standard InChI is InChI=1S/C20H19N7OS/c1-3-25-15-6-4-5-7-16(15)26-18-22-23-20(27(18)24-19(25)26)29-12-17(28)21-14-10-8-13(2)9-11-14/h4-11H,3,12H2,1-2H3,(H,21,28). The summed E-state index contributed by atoms with van der Waals surface area (Å²) in [4.78, 5) is 12.3. The molecule has 0 saturated heterocycles. The topological polar surface area (TPSA) is 81.5 Å². The van der Waals surface area contributed by atoms with E-state index in [1.165, 1.54) is 11.8 Å².